The highest BCUT2D eigenvalue weighted by atomic mass is 32.1. The Hall–Kier alpha value is -4.26. The average molecular weight is 572 g/mol. The van der Waals surface area contributed by atoms with Crippen LogP contribution in [0.2, 0.25) is 0 Å². The standard InChI is InChI=1S/C27H24F3N5O4S/c1-3-31-26(38)34-22-10-16(24-33-21(13-40-24)27(28,29)30)18(11-32-22)14-5-8-20-17(9-14)23(36)19(25(37)39-4-2)12-35(20)15-6-7-15/h5,8-13,15H,3-4,6-7H2,1-2H3,(H2,31,32,34,38). The van der Waals surface area contributed by atoms with Crippen molar-refractivity contribution in [2.45, 2.75) is 38.9 Å². The van der Waals surface area contributed by atoms with Gasteiger partial charge in [0.25, 0.3) is 0 Å². The monoisotopic (exact) mass is 571 g/mol. The first-order valence-electron chi connectivity index (χ1n) is 12.5. The van der Waals surface area contributed by atoms with Crippen molar-refractivity contribution in [1.29, 1.82) is 0 Å². The van der Waals surface area contributed by atoms with Crippen molar-refractivity contribution in [3.05, 3.63) is 63.5 Å². The summed E-state index contributed by atoms with van der Waals surface area (Å²) in [5, 5.41) is 6.35. The molecule has 1 aliphatic carbocycles. The molecular formula is C27H24F3N5O4S. The van der Waals surface area contributed by atoms with E-state index < -0.39 is 29.3 Å². The lowest BCUT2D eigenvalue weighted by molar-refractivity contribution is -0.140. The minimum absolute atomic E-state index is 0.0550. The Kier molecular flexibility index (Phi) is 7.32. The van der Waals surface area contributed by atoms with E-state index in [0.717, 1.165) is 29.6 Å². The van der Waals surface area contributed by atoms with E-state index >= 15 is 0 Å². The average Bonchev–Trinajstić information content (AvgIpc) is 3.62. The van der Waals surface area contributed by atoms with Crippen molar-refractivity contribution in [2.75, 3.05) is 18.5 Å². The van der Waals surface area contributed by atoms with E-state index in [4.69, 9.17) is 4.74 Å². The number of hydrogen-bond donors (Lipinski definition) is 2. The van der Waals surface area contributed by atoms with Gasteiger partial charge in [-0.3, -0.25) is 10.1 Å². The molecule has 5 rings (SSSR count). The van der Waals surface area contributed by atoms with Crippen LogP contribution < -0.4 is 16.1 Å². The zero-order chi connectivity index (χ0) is 28.6. The van der Waals surface area contributed by atoms with E-state index in [-0.39, 0.29) is 40.0 Å². The third kappa shape index (κ3) is 5.41. The Morgan fingerprint density at radius 2 is 1.95 bits per heavy atom. The Balaban J connectivity index is 1.68. The predicted octanol–water partition coefficient (Wildman–Crippen LogP) is 5.86. The summed E-state index contributed by atoms with van der Waals surface area (Å²) >= 11 is 0.795. The van der Waals surface area contributed by atoms with Gasteiger partial charge in [-0.2, -0.15) is 13.2 Å². The lowest BCUT2D eigenvalue weighted by atomic mass is 9.99. The zero-order valence-corrected chi connectivity index (χ0v) is 22.3. The first-order chi connectivity index (χ1) is 19.1. The van der Waals surface area contributed by atoms with Crippen LogP contribution in [0.4, 0.5) is 23.8 Å². The Bertz CT molecular complexity index is 1680. The number of nitrogens with zero attached hydrogens (tertiary/aromatic N) is 3. The molecule has 0 saturated heterocycles. The predicted molar refractivity (Wildman–Crippen MR) is 144 cm³/mol. The number of carbonyl (C=O) groups excluding carboxylic acids is 2. The molecule has 0 bridgehead atoms. The molecule has 2 N–H and O–H groups in total. The van der Waals surface area contributed by atoms with Gasteiger partial charge >= 0.3 is 18.2 Å². The number of alkyl halides is 3. The van der Waals surface area contributed by atoms with Crippen LogP contribution in [0.15, 0.2) is 46.8 Å². The molecule has 0 aliphatic heterocycles. The number of esters is 1. The highest BCUT2D eigenvalue weighted by Gasteiger charge is 2.34. The van der Waals surface area contributed by atoms with Crippen LogP contribution in [0.3, 0.4) is 0 Å². The molecule has 2 amide bonds. The molecule has 1 aromatic carbocycles. The summed E-state index contributed by atoms with van der Waals surface area (Å²) in [4.78, 5) is 46.1. The molecule has 40 heavy (non-hydrogen) atoms. The van der Waals surface area contributed by atoms with Crippen molar-refractivity contribution >= 4 is 40.1 Å². The van der Waals surface area contributed by atoms with Crippen LogP contribution in [-0.4, -0.2) is 39.7 Å². The van der Waals surface area contributed by atoms with E-state index in [2.05, 4.69) is 20.6 Å². The number of nitrogens with one attached hydrogen (secondary N) is 2. The number of halogens is 3. The van der Waals surface area contributed by atoms with Crippen molar-refractivity contribution < 1.29 is 27.5 Å². The second kappa shape index (κ2) is 10.7. The highest BCUT2D eigenvalue weighted by molar-refractivity contribution is 7.13. The van der Waals surface area contributed by atoms with Crippen molar-refractivity contribution in [2.24, 2.45) is 0 Å². The van der Waals surface area contributed by atoms with E-state index in [1.807, 2.05) is 4.57 Å². The summed E-state index contributed by atoms with van der Waals surface area (Å²) < 4.78 is 47.0. The molecule has 0 unspecified atom stereocenters. The molecule has 4 aromatic rings. The minimum atomic E-state index is -4.63. The fourth-order valence-electron chi connectivity index (χ4n) is 4.31. The molecule has 0 radical (unpaired) electrons. The number of amides is 2. The van der Waals surface area contributed by atoms with Gasteiger partial charge in [0.2, 0.25) is 5.43 Å². The summed E-state index contributed by atoms with van der Waals surface area (Å²) in [7, 11) is 0. The number of thiazole rings is 1. The summed E-state index contributed by atoms with van der Waals surface area (Å²) in [6.07, 6.45) is 0.109. The number of benzene rings is 1. The van der Waals surface area contributed by atoms with Crippen LogP contribution in [0.5, 0.6) is 0 Å². The molecule has 1 aliphatic rings. The largest absolute Gasteiger partial charge is 0.462 e. The maximum Gasteiger partial charge on any atom is 0.434 e. The highest BCUT2D eigenvalue weighted by Crippen LogP contribution is 2.40. The number of carbonyl (C=O) groups is 2. The molecule has 9 nitrogen and oxygen atoms in total. The van der Waals surface area contributed by atoms with Crippen molar-refractivity contribution in [1.82, 2.24) is 19.9 Å². The molecule has 0 atom stereocenters. The molecular weight excluding hydrogens is 547 g/mol. The van der Waals surface area contributed by atoms with Crippen molar-refractivity contribution in [3.8, 4) is 21.7 Å². The van der Waals surface area contributed by atoms with Crippen LogP contribution in [0, 0.1) is 0 Å². The zero-order valence-electron chi connectivity index (χ0n) is 21.5. The first kappa shape index (κ1) is 27.3. The maximum absolute atomic E-state index is 13.4. The van der Waals surface area contributed by atoms with E-state index in [1.54, 1.807) is 32.0 Å². The van der Waals surface area contributed by atoms with Crippen LogP contribution in [0.25, 0.3) is 32.6 Å². The molecule has 0 spiro atoms. The Morgan fingerprint density at radius 3 is 2.60 bits per heavy atom. The van der Waals surface area contributed by atoms with Gasteiger partial charge in [-0.05, 0) is 50.5 Å². The molecule has 3 aromatic heterocycles. The SMILES string of the molecule is CCNC(=O)Nc1cc(-c2nc(C(F)(F)F)cs2)c(-c2ccc3c(c2)c(=O)c(C(=O)OCC)cn3C2CC2)cn1. The fourth-order valence-corrected chi connectivity index (χ4v) is 5.17. The van der Waals surface area contributed by atoms with Gasteiger partial charge in [-0.25, -0.2) is 19.6 Å². The van der Waals surface area contributed by atoms with E-state index in [1.165, 1.54) is 18.5 Å². The van der Waals surface area contributed by atoms with Gasteiger partial charge in [0.1, 0.15) is 16.4 Å². The number of aromatic nitrogens is 3. The second-order valence-corrected chi connectivity index (χ2v) is 9.96. The van der Waals surface area contributed by atoms with Crippen LogP contribution in [0.1, 0.15) is 48.8 Å². The first-order valence-corrected chi connectivity index (χ1v) is 13.4. The summed E-state index contributed by atoms with van der Waals surface area (Å²) in [5.74, 6) is -0.616. The summed E-state index contributed by atoms with van der Waals surface area (Å²) in [5.41, 5.74) is 0.137. The number of fused-ring (bicyclic) bond motifs is 1. The van der Waals surface area contributed by atoms with Crippen molar-refractivity contribution in [3.63, 3.8) is 0 Å². The fraction of sp³-hybridized carbons (Fsp3) is 0.296. The molecule has 3 heterocycles. The lowest BCUT2D eigenvalue weighted by Gasteiger charge is -2.15. The topological polar surface area (TPSA) is 115 Å². The number of hydrogen-bond acceptors (Lipinski definition) is 7. The van der Waals surface area contributed by atoms with E-state index in [0.29, 0.717) is 23.2 Å². The molecule has 1 fully saturated rings. The van der Waals surface area contributed by atoms with E-state index in [9.17, 15) is 27.6 Å². The van der Waals surface area contributed by atoms with Gasteiger partial charge in [0.05, 0.1) is 12.1 Å². The number of rotatable bonds is 7. The smallest absolute Gasteiger partial charge is 0.434 e. The normalized spacial score (nSPS) is 13.3. The quantitative estimate of drug-likeness (QED) is 0.269. The third-order valence-corrected chi connectivity index (χ3v) is 7.16. The van der Waals surface area contributed by atoms with Crippen LogP contribution >= 0.6 is 11.3 Å². The number of anilines is 1. The van der Waals surface area contributed by atoms with Crippen LogP contribution in [-0.2, 0) is 10.9 Å². The molecule has 13 heteroatoms. The van der Waals surface area contributed by atoms with Gasteiger partial charge in [0, 0.05) is 46.9 Å². The Labute approximate surface area is 230 Å². The molecule has 1 saturated carbocycles. The third-order valence-electron chi connectivity index (χ3n) is 6.29. The number of ether oxygens (including phenoxy) is 1. The van der Waals surface area contributed by atoms with Gasteiger partial charge in [-0.15, -0.1) is 11.3 Å². The minimum Gasteiger partial charge on any atom is -0.462 e. The lowest BCUT2D eigenvalue weighted by Crippen LogP contribution is -2.28. The molecule has 208 valence electrons. The number of urea groups is 1. The van der Waals surface area contributed by atoms with Gasteiger partial charge < -0.3 is 14.6 Å². The Morgan fingerprint density at radius 1 is 1.18 bits per heavy atom. The summed E-state index contributed by atoms with van der Waals surface area (Å²) in [6.45, 7) is 3.86. The number of pyridine rings is 2. The maximum atomic E-state index is 13.4. The summed E-state index contributed by atoms with van der Waals surface area (Å²) in [6, 6.07) is 6.13. The second-order valence-electron chi connectivity index (χ2n) is 9.10. The van der Waals surface area contributed by atoms with Gasteiger partial charge in [-0.1, -0.05) is 6.07 Å². The van der Waals surface area contributed by atoms with Gasteiger partial charge in [0.15, 0.2) is 5.69 Å².